The fraction of sp³-hybridized carbons (Fsp3) is 0.600. The maximum atomic E-state index is 13.2. The summed E-state index contributed by atoms with van der Waals surface area (Å²) in [6, 6.07) is 3.78. The molecule has 2 aliphatic rings. The van der Waals surface area contributed by atoms with Gasteiger partial charge in [0.25, 0.3) is 0 Å². The number of methoxy groups -OCH3 is 1. The molecule has 1 aromatic carbocycles. The Morgan fingerprint density at radius 1 is 1.28 bits per heavy atom. The van der Waals surface area contributed by atoms with Gasteiger partial charge >= 0.3 is 6.18 Å². The van der Waals surface area contributed by atoms with Gasteiger partial charge in [-0.3, -0.25) is 4.79 Å². The number of aromatic nitrogens is 2. The summed E-state index contributed by atoms with van der Waals surface area (Å²) in [6.45, 7) is 1.85. The molecule has 3 heterocycles. The van der Waals surface area contributed by atoms with Crippen molar-refractivity contribution in [3.63, 3.8) is 0 Å². The fourth-order valence-electron chi connectivity index (χ4n) is 4.27. The van der Waals surface area contributed by atoms with Crippen molar-refractivity contribution in [2.75, 3.05) is 33.4 Å². The van der Waals surface area contributed by atoms with Crippen LogP contribution < -0.4 is 0 Å². The number of fused-ring (bicyclic) bond motifs is 1. The average Bonchev–Trinajstić information content (AvgIpc) is 3.34. The molecule has 9 heteroatoms. The number of likely N-dealkylation sites (tertiary alicyclic amines) is 1. The third-order valence-corrected chi connectivity index (χ3v) is 5.71. The summed E-state index contributed by atoms with van der Waals surface area (Å²) >= 11 is 0. The number of hydrogen-bond donors (Lipinski definition) is 0. The third-order valence-electron chi connectivity index (χ3n) is 5.71. The molecule has 1 aromatic heterocycles. The first kappa shape index (κ1) is 20.2. The van der Waals surface area contributed by atoms with Gasteiger partial charge in [0.2, 0.25) is 5.91 Å². The minimum Gasteiger partial charge on any atom is -0.375 e. The Morgan fingerprint density at radius 2 is 2.03 bits per heavy atom. The number of hydrogen-bond acceptors (Lipinski definition) is 4. The minimum atomic E-state index is -4.41. The number of carbonyl (C=O) groups is 1. The van der Waals surface area contributed by atoms with Gasteiger partial charge in [-0.05, 0) is 43.9 Å². The van der Waals surface area contributed by atoms with E-state index >= 15 is 0 Å². The van der Waals surface area contributed by atoms with E-state index in [1.165, 1.54) is 13.2 Å². The molecule has 0 aliphatic carbocycles. The van der Waals surface area contributed by atoms with Crippen molar-refractivity contribution in [2.24, 2.45) is 0 Å². The highest BCUT2D eigenvalue weighted by Crippen LogP contribution is 2.38. The standard InChI is InChI=1S/C20H24F3N3O3/c1-28-12-18(27)25-8-6-14(7-9-25)26-16-5-4-13(20(21,22)23)11-15(16)24-19(26)17-3-2-10-29-17/h4-5,11,14,17H,2-3,6-10,12H2,1H3. The van der Waals surface area contributed by atoms with Crippen LogP contribution in [0, 0.1) is 0 Å². The van der Waals surface area contributed by atoms with Gasteiger partial charge in [-0.15, -0.1) is 0 Å². The number of rotatable bonds is 4. The quantitative estimate of drug-likeness (QED) is 0.770. The second-order valence-electron chi connectivity index (χ2n) is 7.59. The van der Waals surface area contributed by atoms with E-state index in [0.29, 0.717) is 49.4 Å². The molecule has 6 nitrogen and oxygen atoms in total. The van der Waals surface area contributed by atoms with Crippen molar-refractivity contribution < 1.29 is 27.4 Å². The highest BCUT2D eigenvalue weighted by atomic mass is 19.4. The van der Waals surface area contributed by atoms with Crippen molar-refractivity contribution in [2.45, 2.75) is 44.0 Å². The summed E-state index contributed by atoms with van der Waals surface area (Å²) in [5.74, 6) is 0.647. The summed E-state index contributed by atoms with van der Waals surface area (Å²) < 4.78 is 52.2. The van der Waals surface area contributed by atoms with Crippen molar-refractivity contribution >= 4 is 16.9 Å². The first-order valence-corrected chi connectivity index (χ1v) is 9.86. The predicted octanol–water partition coefficient (Wildman–Crippen LogP) is 3.72. The van der Waals surface area contributed by atoms with Gasteiger partial charge < -0.3 is 18.9 Å². The predicted molar refractivity (Wildman–Crippen MR) is 99.4 cm³/mol. The largest absolute Gasteiger partial charge is 0.416 e. The van der Waals surface area contributed by atoms with Crippen LogP contribution in [0.25, 0.3) is 11.0 Å². The molecule has 1 atom stereocenters. The molecular formula is C20H24F3N3O3. The average molecular weight is 411 g/mol. The third kappa shape index (κ3) is 3.98. The maximum absolute atomic E-state index is 13.2. The molecule has 2 fully saturated rings. The van der Waals surface area contributed by atoms with Crippen LogP contribution in [0.3, 0.4) is 0 Å². The smallest absolute Gasteiger partial charge is 0.375 e. The first-order chi connectivity index (χ1) is 13.9. The Kier molecular flexibility index (Phi) is 5.52. The summed E-state index contributed by atoms with van der Waals surface area (Å²) in [5, 5.41) is 0. The molecule has 1 unspecified atom stereocenters. The molecule has 0 radical (unpaired) electrons. The monoisotopic (exact) mass is 411 g/mol. The van der Waals surface area contributed by atoms with Gasteiger partial charge in [-0.1, -0.05) is 0 Å². The topological polar surface area (TPSA) is 56.6 Å². The first-order valence-electron chi connectivity index (χ1n) is 9.86. The van der Waals surface area contributed by atoms with Crippen LogP contribution in [-0.2, 0) is 20.4 Å². The van der Waals surface area contributed by atoms with Gasteiger partial charge in [-0.2, -0.15) is 13.2 Å². The zero-order valence-corrected chi connectivity index (χ0v) is 16.2. The number of alkyl halides is 3. The van der Waals surface area contributed by atoms with Crippen LogP contribution in [0.2, 0.25) is 0 Å². The molecule has 2 aromatic rings. The molecule has 4 rings (SSSR count). The molecule has 1 amide bonds. The van der Waals surface area contributed by atoms with Crippen LogP contribution in [0.15, 0.2) is 18.2 Å². The lowest BCUT2D eigenvalue weighted by Gasteiger charge is -2.34. The number of nitrogens with zero attached hydrogens (tertiary/aromatic N) is 3. The minimum absolute atomic E-state index is 0.0457. The fourth-order valence-corrected chi connectivity index (χ4v) is 4.27. The SMILES string of the molecule is COCC(=O)N1CCC(n2c(C3CCCO3)nc3cc(C(F)(F)F)ccc32)CC1. The normalized spacial score (nSPS) is 21.2. The van der Waals surface area contributed by atoms with Crippen LogP contribution in [0.4, 0.5) is 13.2 Å². The second kappa shape index (κ2) is 7.95. The van der Waals surface area contributed by atoms with Crippen LogP contribution in [-0.4, -0.2) is 53.8 Å². The lowest BCUT2D eigenvalue weighted by atomic mass is 10.0. The molecule has 29 heavy (non-hydrogen) atoms. The Labute approximate surface area is 166 Å². The number of carbonyl (C=O) groups excluding carboxylic acids is 1. The lowest BCUT2D eigenvalue weighted by molar-refractivity contribution is -0.137. The van der Waals surface area contributed by atoms with Gasteiger partial charge in [0.05, 0.1) is 16.6 Å². The summed E-state index contributed by atoms with van der Waals surface area (Å²) in [5.41, 5.74) is 0.321. The Balaban J connectivity index is 1.67. The van der Waals surface area contributed by atoms with E-state index in [0.717, 1.165) is 25.0 Å². The summed E-state index contributed by atoms with van der Waals surface area (Å²) in [4.78, 5) is 18.4. The van der Waals surface area contributed by atoms with Crippen LogP contribution in [0.5, 0.6) is 0 Å². The Morgan fingerprint density at radius 3 is 2.66 bits per heavy atom. The molecule has 0 N–H and O–H groups in total. The van der Waals surface area contributed by atoms with Crippen LogP contribution >= 0.6 is 0 Å². The van der Waals surface area contributed by atoms with E-state index < -0.39 is 11.7 Å². The number of halogens is 3. The number of benzene rings is 1. The molecule has 0 spiro atoms. The molecule has 0 saturated carbocycles. The summed E-state index contributed by atoms with van der Waals surface area (Å²) in [7, 11) is 1.49. The molecule has 0 bridgehead atoms. The van der Waals surface area contributed by atoms with Crippen LogP contribution in [0.1, 0.15) is 49.2 Å². The number of amides is 1. The Bertz CT molecular complexity index is 882. The van der Waals surface area contributed by atoms with E-state index in [9.17, 15) is 18.0 Å². The van der Waals surface area contributed by atoms with Gasteiger partial charge in [0, 0.05) is 32.8 Å². The van der Waals surface area contributed by atoms with Crippen molar-refractivity contribution in [3.05, 3.63) is 29.6 Å². The molecule has 2 saturated heterocycles. The van der Waals surface area contributed by atoms with Gasteiger partial charge in [-0.25, -0.2) is 4.98 Å². The number of ether oxygens (including phenoxy) is 2. The van der Waals surface area contributed by atoms with E-state index in [2.05, 4.69) is 4.98 Å². The second-order valence-corrected chi connectivity index (χ2v) is 7.59. The lowest BCUT2D eigenvalue weighted by Crippen LogP contribution is -2.41. The van der Waals surface area contributed by atoms with Crippen molar-refractivity contribution in [1.29, 1.82) is 0 Å². The van der Waals surface area contributed by atoms with Gasteiger partial charge in [0.15, 0.2) is 0 Å². The van der Waals surface area contributed by atoms with E-state index in [1.807, 2.05) is 4.57 Å². The number of piperidine rings is 1. The van der Waals surface area contributed by atoms with E-state index in [-0.39, 0.29) is 24.7 Å². The van der Waals surface area contributed by atoms with Gasteiger partial charge in [0.1, 0.15) is 18.5 Å². The summed E-state index contributed by atoms with van der Waals surface area (Å²) in [6.07, 6.45) is -1.48. The highest BCUT2D eigenvalue weighted by molar-refractivity contribution is 5.78. The van der Waals surface area contributed by atoms with E-state index in [1.54, 1.807) is 4.90 Å². The Hall–Kier alpha value is -2.13. The zero-order valence-electron chi connectivity index (χ0n) is 16.2. The molecular weight excluding hydrogens is 387 g/mol. The molecule has 2 aliphatic heterocycles. The molecule has 158 valence electrons. The van der Waals surface area contributed by atoms with Crippen molar-refractivity contribution in [3.8, 4) is 0 Å². The highest BCUT2D eigenvalue weighted by Gasteiger charge is 2.34. The van der Waals surface area contributed by atoms with E-state index in [4.69, 9.17) is 9.47 Å². The maximum Gasteiger partial charge on any atom is 0.416 e. The number of imidazole rings is 1. The zero-order chi connectivity index (χ0) is 20.6. The van der Waals surface area contributed by atoms with Crippen molar-refractivity contribution in [1.82, 2.24) is 14.5 Å².